The van der Waals surface area contributed by atoms with Gasteiger partial charge in [0.15, 0.2) is 0 Å². The summed E-state index contributed by atoms with van der Waals surface area (Å²) in [6.45, 7) is 4.13. The Kier molecular flexibility index (Phi) is 6.88. The molecule has 2 aromatic carbocycles. The lowest BCUT2D eigenvalue weighted by molar-refractivity contribution is -0.135. The van der Waals surface area contributed by atoms with E-state index < -0.39 is 35.1 Å². The molecule has 1 atom stereocenters. The molecule has 0 aromatic heterocycles. The van der Waals surface area contributed by atoms with E-state index in [1.54, 1.807) is 23.1 Å². The highest BCUT2D eigenvalue weighted by molar-refractivity contribution is 5.98. The van der Waals surface area contributed by atoms with Crippen molar-refractivity contribution in [1.82, 2.24) is 9.80 Å². The molecule has 4 rings (SSSR count). The summed E-state index contributed by atoms with van der Waals surface area (Å²) in [7, 11) is 1.51. The fraction of sp³-hybridized carbons (Fsp3) is 0.423. The van der Waals surface area contributed by atoms with Crippen LogP contribution in [0.3, 0.4) is 0 Å². The molecule has 1 fully saturated rings. The van der Waals surface area contributed by atoms with Crippen molar-refractivity contribution in [2.75, 3.05) is 32.1 Å². The number of fused-ring (bicyclic) bond motifs is 1. The second-order valence-corrected chi connectivity index (χ2v) is 9.62. The van der Waals surface area contributed by atoms with Crippen molar-refractivity contribution in [3.8, 4) is 5.75 Å². The van der Waals surface area contributed by atoms with E-state index in [9.17, 15) is 19.5 Å². The predicted molar refractivity (Wildman–Crippen MR) is 128 cm³/mol. The summed E-state index contributed by atoms with van der Waals surface area (Å²) in [6, 6.07) is 5.68. The van der Waals surface area contributed by atoms with Crippen LogP contribution in [-0.4, -0.2) is 59.6 Å². The molecule has 3 amide bonds. The maximum absolute atomic E-state index is 15.2. The first-order chi connectivity index (χ1) is 17.0. The van der Waals surface area contributed by atoms with E-state index in [0.717, 1.165) is 35.4 Å². The zero-order valence-electron chi connectivity index (χ0n) is 20.4. The molecule has 1 unspecified atom stereocenters. The van der Waals surface area contributed by atoms with Crippen molar-refractivity contribution >= 4 is 23.6 Å². The molecule has 2 aromatic rings. The van der Waals surface area contributed by atoms with Crippen LogP contribution < -0.4 is 10.1 Å². The molecule has 8 nitrogen and oxygen atoms in total. The largest absolute Gasteiger partial charge is 0.497 e. The third kappa shape index (κ3) is 4.59. The van der Waals surface area contributed by atoms with Crippen LogP contribution in [0.2, 0.25) is 0 Å². The van der Waals surface area contributed by atoms with E-state index in [0.29, 0.717) is 30.8 Å². The van der Waals surface area contributed by atoms with Crippen molar-refractivity contribution in [3.05, 3.63) is 58.7 Å². The monoisotopic (exact) mass is 501 g/mol. The molecule has 10 heteroatoms. The van der Waals surface area contributed by atoms with Gasteiger partial charge < -0.3 is 20.1 Å². The third-order valence-corrected chi connectivity index (χ3v) is 6.94. The number of halogens is 2. The van der Waals surface area contributed by atoms with Gasteiger partial charge in [0, 0.05) is 30.9 Å². The summed E-state index contributed by atoms with van der Waals surface area (Å²) in [5.41, 5.74) is -0.768. The molecule has 0 spiro atoms. The summed E-state index contributed by atoms with van der Waals surface area (Å²) in [6.07, 6.45) is 0.803. The number of rotatable bonds is 5. The average Bonchev–Trinajstić information content (AvgIpc) is 3.36. The van der Waals surface area contributed by atoms with Crippen LogP contribution in [0.1, 0.15) is 49.4 Å². The average molecular weight is 502 g/mol. The predicted octanol–water partition coefficient (Wildman–Crippen LogP) is 4.09. The van der Waals surface area contributed by atoms with E-state index in [1.165, 1.54) is 21.0 Å². The first-order valence-electron chi connectivity index (χ1n) is 11.8. The molecular formula is C26H29F2N3O5. The zero-order chi connectivity index (χ0) is 26.2. The number of carboxylic acid groups (broad SMARTS) is 1. The van der Waals surface area contributed by atoms with Crippen LogP contribution in [0.5, 0.6) is 5.75 Å². The van der Waals surface area contributed by atoms with Crippen molar-refractivity contribution in [2.24, 2.45) is 0 Å². The Bertz CT molecular complexity index is 1190. The molecule has 0 bridgehead atoms. The van der Waals surface area contributed by atoms with Crippen molar-refractivity contribution in [3.63, 3.8) is 0 Å². The van der Waals surface area contributed by atoms with Gasteiger partial charge in [0.25, 0.3) is 5.91 Å². The van der Waals surface area contributed by atoms with Crippen LogP contribution in [0.4, 0.5) is 19.3 Å². The maximum Gasteiger partial charge on any atom is 0.408 e. The Labute approximate surface area is 207 Å². The highest BCUT2D eigenvalue weighted by atomic mass is 19.1. The minimum atomic E-state index is -1.44. The fourth-order valence-electron chi connectivity index (χ4n) is 5.09. The molecule has 1 saturated heterocycles. The van der Waals surface area contributed by atoms with Gasteiger partial charge in [-0.15, -0.1) is 0 Å². The van der Waals surface area contributed by atoms with Crippen LogP contribution in [0.25, 0.3) is 0 Å². The van der Waals surface area contributed by atoms with Crippen molar-refractivity contribution in [2.45, 2.75) is 44.6 Å². The van der Waals surface area contributed by atoms with Gasteiger partial charge in [-0.1, -0.05) is 6.07 Å². The number of ether oxygens (including phenoxy) is 1. The van der Waals surface area contributed by atoms with Gasteiger partial charge >= 0.3 is 6.09 Å². The fourth-order valence-corrected chi connectivity index (χ4v) is 5.09. The molecule has 192 valence electrons. The molecule has 2 aliphatic heterocycles. The van der Waals surface area contributed by atoms with E-state index in [2.05, 4.69) is 5.32 Å². The lowest BCUT2D eigenvalue weighted by atomic mass is 9.82. The molecule has 0 aliphatic carbocycles. The van der Waals surface area contributed by atoms with E-state index in [-0.39, 0.29) is 23.7 Å². The number of benzene rings is 2. The number of hydrogen-bond acceptors (Lipinski definition) is 4. The number of anilines is 1. The molecule has 0 saturated carbocycles. The normalized spacial score (nSPS) is 17.5. The Morgan fingerprint density at radius 1 is 1.06 bits per heavy atom. The van der Waals surface area contributed by atoms with Crippen LogP contribution in [-0.2, 0) is 21.4 Å². The Hall–Kier alpha value is -3.69. The molecular weight excluding hydrogens is 472 g/mol. The Morgan fingerprint density at radius 2 is 1.69 bits per heavy atom. The minimum absolute atomic E-state index is 0.0715. The first-order valence-corrected chi connectivity index (χ1v) is 11.8. The first kappa shape index (κ1) is 25.4. The number of nitrogens with one attached hydrogen (secondary N) is 1. The van der Waals surface area contributed by atoms with Gasteiger partial charge in [0.1, 0.15) is 23.4 Å². The minimum Gasteiger partial charge on any atom is -0.497 e. The van der Waals surface area contributed by atoms with Crippen LogP contribution in [0.15, 0.2) is 30.3 Å². The topological polar surface area (TPSA) is 99.2 Å². The second-order valence-electron chi connectivity index (χ2n) is 9.62. The standard InChI is InChI=1S/C26H29F2N3O5/c1-26(2,24(33)30-9-4-5-10-30)21-19(27)13-16(14-20(21)28)29-23(32)22-18-7-6-17(36-3)12-15(18)8-11-31(22)25(34)35/h6-7,12-14,22H,4-5,8-11H2,1-3H3,(H,29,32)(H,34,35). The lowest BCUT2D eigenvalue weighted by Gasteiger charge is -2.34. The van der Waals surface area contributed by atoms with Crippen LogP contribution >= 0.6 is 0 Å². The molecule has 36 heavy (non-hydrogen) atoms. The zero-order valence-corrected chi connectivity index (χ0v) is 20.4. The summed E-state index contributed by atoms with van der Waals surface area (Å²) < 4.78 is 35.6. The van der Waals surface area contributed by atoms with Gasteiger partial charge in [-0.05, 0) is 68.5 Å². The number of hydrogen-bond donors (Lipinski definition) is 2. The molecule has 2 heterocycles. The van der Waals surface area contributed by atoms with Gasteiger partial charge in [-0.25, -0.2) is 13.6 Å². The maximum atomic E-state index is 15.2. The smallest absolute Gasteiger partial charge is 0.408 e. The summed E-state index contributed by atoms with van der Waals surface area (Å²) in [5, 5.41) is 12.1. The Balaban J connectivity index is 1.63. The van der Waals surface area contributed by atoms with Gasteiger partial charge in [0.2, 0.25) is 5.91 Å². The van der Waals surface area contributed by atoms with E-state index in [4.69, 9.17) is 4.74 Å². The number of likely N-dealkylation sites (tertiary alicyclic amines) is 1. The van der Waals surface area contributed by atoms with E-state index in [1.807, 2.05) is 0 Å². The van der Waals surface area contributed by atoms with Gasteiger partial charge in [0.05, 0.1) is 12.5 Å². The number of amides is 3. The number of carbonyl (C=O) groups excluding carboxylic acids is 2. The second kappa shape index (κ2) is 9.75. The third-order valence-electron chi connectivity index (χ3n) is 6.94. The van der Waals surface area contributed by atoms with Crippen LogP contribution in [0, 0.1) is 11.6 Å². The number of nitrogens with zero attached hydrogens (tertiary/aromatic N) is 2. The number of carbonyl (C=O) groups is 3. The summed E-state index contributed by atoms with van der Waals surface area (Å²) in [4.78, 5) is 40.6. The molecule has 2 N–H and O–H groups in total. The van der Waals surface area contributed by atoms with Crippen molar-refractivity contribution in [1.29, 1.82) is 0 Å². The SMILES string of the molecule is COc1ccc2c(c1)CCN(C(=O)O)C2C(=O)Nc1cc(F)c(C(C)(C)C(=O)N2CCCC2)c(F)c1. The quantitative estimate of drug-likeness (QED) is 0.643. The van der Waals surface area contributed by atoms with E-state index >= 15 is 8.78 Å². The molecule has 0 radical (unpaired) electrons. The van der Waals surface area contributed by atoms with Crippen molar-refractivity contribution < 1.29 is 33.0 Å². The highest BCUT2D eigenvalue weighted by Crippen LogP contribution is 2.36. The summed E-state index contributed by atoms with van der Waals surface area (Å²) in [5.74, 6) is -2.47. The molecule has 2 aliphatic rings. The Morgan fingerprint density at radius 3 is 2.28 bits per heavy atom. The van der Waals surface area contributed by atoms with Gasteiger partial charge in [-0.2, -0.15) is 0 Å². The van der Waals surface area contributed by atoms with Gasteiger partial charge in [-0.3, -0.25) is 14.5 Å². The highest BCUT2D eigenvalue weighted by Gasteiger charge is 2.40. The lowest BCUT2D eigenvalue weighted by Crippen LogP contribution is -2.44. The number of methoxy groups -OCH3 is 1. The summed E-state index contributed by atoms with van der Waals surface area (Å²) >= 11 is 0.